The van der Waals surface area contributed by atoms with Crippen molar-refractivity contribution in [3.05, 3.63) is 35.0 Å². The molecule has 0 bridgehead atoms. The van der Waals surface area contributed by atoms with Gasteiger partial charge in [-0.05, 0) is 55.2 Å². The van der Waals surface area contributed by atoms with Gasteiger partial charge in [0, 0.05) is 36.8 Å². The van der Waals surface area contributed by atoms with Gasteiger partial charge in [-0.2, -0.15) is 0 Å². The van der Waals surface area contributed by atoms with Gasteiger partial charge in [-0.3, -0.25) is 9.69 Å². The first kappa shape index (κ1) is 18.2. The highest BCUT2D eigenvalue weighted by atomic mass is 16.5. The Bertz CT molecular complexity index is 923. The Morgan fingerprint density at radius 2 is 2.14 bits per heavy atom. The first-order valence-electron chi connectivity index (χ1n) is 10.3. The van der Waals surface area contributed by atoms with Crippen molar-refractivity contribution in [1.82, 2.24) is 9.88 Å². The molecule has 5 rings (SSSR count). The maximum Gasteiger partial charge on any atom is 0.309 e. The smallest absolute Gasteiger partial charge is 0.309 e. The van der Waals surface area contributed by atoms with Crippen molar-refractivity contribution in [2.45, 2.75) is 44.4 Å². The fraction of sp³-hybridized carbons (Fsp3) is 0.591. The van der Waals surface area contributed by atoms with E-state index in [1.54, 1.807) is 0 Å². The van der Waals surface area contributed by atoms with Gasteiger partial charge in [-0.25, -0.2) is 0 Å². The van der Waals surface area contributed by atoms with Crippen LogP contribution < -0.4 is 0 Å². The van der Waals surface area contributed by atoms with Gasteiger partial charge in [-0.15, -0.1) is 0 Å². The average molecular weight is 384 g/mol. The van der Waals surface area contributed by atoms with Crippen molar-refractivity contribution in [2.75, 3.05) is 20.2 Å². The summed E-state index contributed by atoms with van der Waals surface area (Å²) in [6, 6.07) is 6.78. The number of aliphatic hydroxyl groups is 1. The molecule has 3 heterocycles. The fourth-order valence-electron chi connectivity index (χ4n) is 6.15. The second-order valence-corrected chi connectivity index (χ2v) is 8.85. The Labute approximate surface area is 164 Å². The Morgan fingerprint density at radius 1 is 1.32 bits per heavy atom. The highest BCUT2D eigenvalue weighted by Gasteiger charge is 2.52. The number of aromatic amines is 1. The molecule has 0 radical (unpaired) electrons. The van der Waals surface area contributed by atoms with Crippen molar-refractivity contribution < 1.29 is 19.7 Å². The number of aliphatic hydroxyl groups excluding tert-OH is 1. The molecule has 3 N–H and O–H groups in total. The number of rotatable bonds is 2. The van der Waals surface area contributed by atoms with E-state index in [2.05, 4.69) is 35.0 Å². The second-order valence-electron chi connectivity index (χ2n) is 8.85. The van der Waals surface area contributed by atoms with Gasteiger partial charge in [0.15, 0.2) is 0 Å². The number of carboxylic acid groups (broad SMARTS) is 1. The van der Waals surface area contributed by atoms with E-state index < -0.39 is 24.1 Å². The maximum atomic E-state index is 12.1. The summed E-state index contributed by atoms with van der Waals surface area (Å²) in [7, 11) is 1.51. The molecular weight excluding hydrogens is 356 g/mol. The van der Waals surface area contributed by atoms with Gasteiger partial charge in [0.2, 0.25) is 0 Å². The normalized spacial score (nSPS) is 35.2. The van der Waals surface area contributed by atoms with E-state index in [-0.39, 0.29) is 17.9 Å². The molecule has 1 aromatic carbocycles. The number of ether oxygens (including phenoxy) is 1. The monoisotopic (exact) mass is 384 g/mol. The molecule has 1 saturated heterocycles. The number of H-pyrrole nitrogens is 1. The van der Waals surface area contributed by atoms with Gasteiger partial charge in [0.05, 0.1) is 24.2 Å². The van der Waals surface area contributed by atoms with Crippen LogP contribution in [0.4, 0.5) is 0 Å². The lowest BCUT2D eigenvalue weighted by Gasteiger charge is -2.52. The average Bonchev–Trinajstić information content (AvgIpc) is 3.03. The third-order valence-electron chi connectivity index (χ3n) is 7.38. The Morgan fingerprint density at radius 3 is 2.89 bits per heavy atom. The summed E-state index contributed by atoms with van der Waals surface area (Å²) >= 11 is 0. The van der Waals surface area contributed by atoms with Crippen molar-refractivity contribution >= 4 is 16.9 Å². The molecule has 150 valence electrons. The number of aliphatic carboxylic acids is 1. The van der Waals surface area contributed by atoms with Crippen LogP contribution in [0.1, 0.15) is 35.7 Å². The Kier molecular flexibility index (Phi) is 4.27. The number of nitrogens with one attached hydrogen (secondary N) is 1. The number of benzene rings is 1. The summed E-state index contributed by atoms with van der Waals surface area (Å²) < 4.78 is 5.44. The van der Waals surface area contributed by atoms with Crippen LogP contribution >= 0.6 is 0 Å². The van der Waals surface area contributed by atoms with Gasteiger partial charge < -0.3 is 19.9 Å². The molecule has 3 aliphatic rings. The summed E-state index contributed by atoms with van der Waals surface area (Å²) in [5, 5.41) is 21.7. The third-order valence-corrected chi connectivity index (χ3v) is 7.38. The number of carboxylic acids is 1. The number of hydrogen-bond acceptors (Lipinski definition) is 4. The highest BCUT2D eigenvalue weighted by Crippen LogP contribution is 2.49. The first-order chi connectivity index (χ1) is 13.5. The van der Waals surface area contributed by atoms with Gasteiger partial charge in [0.1, 0.15) is 0 Å². The van der Waals surface area contributed by atoms with E-state index in [4.69, 9.17) is 4.74 Å². The highest BCUT2D eigenvalue weighted by molar-refractivity contribution is 5.85. The van der Waals surface area contributed by atoms with Gasteiger partial charge >= 0.3 is 5.97 Å². The predicted molar refractivity (Wildman–Crippen MR) is 105 cm³/mol. The molecule has 2 fully saturated rings. The third kappa shape index (κ3) is 2.62. The number of aryl methyl sites for hydroxylation is 1. The van der Waals surface area contributed by atoms with Crippen molar-refractivity contribution in [3.8, 4) is 0 Å². The molecule has 0 spiro atoms. The number of fused-ring (bicyclic) bond motifs is 6. The molecule has 1 saturated carbocycles. The van der Waals surface area contributed by atoms with Crippen LogP contribution in [0.25, 0.3) is 10.9 Å². The number of aromatic nitrogens is 1. The van der Waals surface area contributed by atoms with Crippen molar-refractivity contribution in [2.24, 2.45) is 17.8 Å². The molecular formula is C22H28N2O4. The molecule has 6 atom stereocenters. The van der Waals surface area contributed by atoms with Gasteiger partial charge in [0.25, 0.3) is 0 Å². The molecule has 0 amide bonds. The van der Waals surface area contributed by atoms with Crippen LogP contribution in [0.5, 0.6) is 0 Å². The molecule has 2 aliphatic heterocycles. The second kappa shape index (κ2) is 6.58. The SMILES string of the molecule is CO[C@@H]1[C@@H](C(=O)O)[C@H]2C[C@H]3c4[nH]c5cc(C)ccc5c4CCN3C[C@@H]2C[C@H]1O. The molecule has 1 aromatic heterocycles. The zero-order chi connectivity index (χ0) is 19.6. The molecule has 2 aromatic rings. The summed E-state index contributed by atoms with van der Waals surface area (Å²) in [4.78, 5) is 18.2. The van der Waals surface area contributed by atoms with Crippen molar-refractivity contribution in [1.29, 1.82) is 0 Å². The number of methoxy groups -OCH3 is 1. The summed E-state index contributed by atoms with van der Waals surface area (Å²) in [6.45, 7) is 3.94. The lowest BCUT2D eigenvalue weighted by atomic mass is 9.64. The fourth-order valence-corrected chi connectivity index (χ4v) is 6.15. The van der Waals surface area contributed by atoms with Crippen molar-refractivity contribution in [3.63, 3.8) is 0 Å². The minimum atomic E-state index is -0.850. The van der Waals surface area contributed by atoms with Crippen LogP contribution in [0.2, 0.25) is 0 Å². The lowest BCUT2D eigenvalue weighted by molar-refractivity contribution is -0.172. The zero-order valence-corrected chi connectivity index (χ0v) is 16.4. The van der Waals surface area contributed by atoms with E-state index in [9.17, 15) is 15.0 Å². The summed E-state index contributed by atoms with van der Waals surface area (Å²) in [6.07, 6.45) is 1.10. The van der Waals surface area contributed by atoms with Crippen LogP contribution in [-0.2, 0) is 16.0 Å². The van der Waals surface area contributed by atoms with Crippen LogP contribution in [0.3, 0.4) is 0 Å². The molecule has 0 unspecified atom stereocenters. The lowest BCUT2D eigenvalue weighted by Crippen LogP contribution is -2.57. The van der Waals surface area contributed by atoms with Crippen LogP contribution in [0.15, 0.2) is 18.2 Å². The van der Waals surface area contributed by atoms with Crippen LogP contribution in [-0.4, -0.2) is 58.5 Å². The van der Waals surface area contributed by atoms with Crippen LogP contribution in [0, 0.1) is 24.7 Å². The zero-order valence-electron chi connectivity index (χ0n) is 16.4. The topological polar surface area (TPSA) is 85.8 Å². The van der Waals surface area contributed by atoms with E-state index in [0.717, 1.165) is 25.9 Å². The van der Waals surface area contributed by atoms with E-state index in [0.29, 0.717) is 6.42 Å². The number of carbonyl (C=O) groups is 1. The first-order valence-corrected chi connectivity index (χ1v) is 10.3. The molecule has 6 nitrogen and oxygen atoms in total. The quantitative estimate of drug-likeness (QED) is 0.741. The summed E-state index contributed by atoms with van der Waals surface area (Å²) in [5.41, 5.74) is 5.06. The molecule has 6 heteroatoms. The Balaban J connectivity index is 1.53. The number of piperidine rings is 1. The molecule has 28 heavy (non-hydrogen) atoms. The number of hydrogen-bond donors (Lipinski definition) is 3. The van der Waals surface area contributed by atoms with Gasteiger partial charge in [-0.1, -0.05) is 12.1 Å². The number of nitrogens with zero attached hydrogens (tertiary/aromatic N) is 1. The largest absolute Gasteiger partial charge is 0.481 e. The maximum absolute atomic E-state index is 12.1. The standard InChI is InChI=1S/C22H28N2O4/c1-11-3-4-13-14-5-6-24-10-12-8-18(25)21(28-2)19(22(26)27)15(12)9-17(24)20(14)23-16(13)7-11/h3-4,7,12,15,17-19,21,23,25H,5-6,8-10H2,1-2H3,(H,26,27)/t12-,15-,17-,18+,19-,21-/m0/s1. The minimum Gasteiger partial charge on any atom is -0.481 e. The summed E-state index contributed by atoms with van der Waals surface area (Å²) in [5.74, 6) is -1.28. The minimum absolute atomic E-state index is 0.0196. The predicted octanol–water partition coefficient (Wildman–Crippen LogP) is 2.49. The molecule has 1 aliphatic carbocycles. The van der Waals surface area contributed by atoms with E-state index in [1.807, 2.05) is 0 Å². The van der Waals surface area contributed by atoms with E-state index >= 15 is 0 Å². The van der Waals surface area contributed by atoms with E-state index in [1.165, 1.54) is 34.8 Å². The Hall–Kier alpha value is -1.89.